The first-order valence-corrected chi connectivity index (χ1v) is 5.50. The Balaban J connectivity index is 2.49. The lowest BCUT2D eigenvalue weighted by Gasteiger charge is -2.10. The van der Waals surface area contributed by atoms with Crippen LogP contribution in [-0.2, 0) is 0 Å². The molecule has 1 aromatic heterocycles. The van der Waals surface area contributed by atoms with E-state index in [9.17, 15) is 14.3 Å². The highest BCUT2D eigenvalue weighted by molar-refractivity contribution is 5.92. The van der Waals surface area contributed by atoms with E-state index in [1.165, 1.54) is 18.2 Å². The van der Waals surface area contributed by atoms with Crippen LogP contribution in [0.15, 0.2) is 24.3 Å². The van der Waals surface area contributed by atoms with Crippen molar-refractivity contribution >= 4 is 5.97 Å². The number of carboxylic acids is 1. The van der Waals surface area contributed by atoms with Gasteiger partial charge in [-0.3, -0.25) is 0 Å². The van der Waals surface area contributed by atoms with Gasteiger partial charge in [-0.05, 0) is 31.5 Å². The van der Waals surface area contributed by atoms with Crippen LogP contribution in [0.2, 0.25) is 0 Å². The molecule has 0 bridgehead atoms. The lowest BCUT2D eigenvalue weighted by molar-refractivity contribution is 0.0692. The van der Waals surface area contributed by atoms with Crippen molar-refractivity contribution < 1.29 is 19.0 Å². The third kappa shape index (κ3) is 2.52. The van der Waals surface area contributed by atoms with Gasteiger partial charge in [0.2, 0.25) is 0 Å². The normalized spacial score (nSPS) is 10.3. The summed E-state index contributed by atoms with van der Waals surface area (Å²) in [6.45, 7) is 3.24. The molecular formula is C13H11FN2O3. The van der Waals surface area contributed by atoms with Crippen LogP contribution < -0.4 is 4.74 Å². The fourth-order valence-corrected chi connectivity index (χ4v) is 1.54. The van der Waals surface area contributed by atoms with E-state index < -0.39 is 11.8 Å². The molecule has 0 unspecified atom stereocenters. The van der Waals surface area contributed by atoms with Gasteiger partial charge < -0.3 is 9.84 Å². The van der Waals surface area contributed by atoms with E-state index in [0.29, 0.717) is 11.3 Å². The first kappa shape index (κ1) is 12.9. The average Bonchev–Trinajstić information content (AvgIpc) is 2.36. The number of para-hydroxylation sites is 1. The summed E-state index contributed by atoms with van der Waals surface area (Å²) in [6.07, 6.45) is 0. The second-order valence-corrected chi connectivity index (χ2v) is 3.93. The van der Waals surface area contributed by atoms with E-state index in [2.05, 4.69) is 10.2 Å². The lowest BCUT2D eigenvalue weighted by atomic mass is 10.1. The number of aromatic carboxylic acids is 1. The number of nitrogens with zero attached hydrogens (tertiary/aromatic N) is 2. The molecule has 1 N–H and O–H groups in total. The minimum Gasteiger partial charge on any atom is -0.477 e. The maximum atomic E-state index is 13.5. The van der Waals surface area contributed by atoms with Crippen molar-refractivity contribution in [3.05, 3.63) is 46.9 Å². The van der Waals surface area contributed by atoms with E-state index in [4.69, 9.17) is 4.74 Å². The van der Waals surface area contributed by atoms with Crippen LogP contribution in [0, 0.1) is 19.7 Å². The first-order valence-electron chi connectivity index (χ1n) is 5.50. The molecule has 0 aliphatic heterocycles. The van der Waals surface area contributed by atoms with Crippen LogP contribution in [0.3, 0.4) is 0 Å². The van der Waals surface area contributed by atoms with Gasteiger partial charge in [-0.1, -0.05) is 12.1 Å². The Morgan fingerprint density at radius 1 is 1.26 bits per heavy atom. The van der Waals surface area contributed by atoms with Crippen LogP contribution in [0.5, 0.6) is 11.6 Å². The second-order valence-electron chi connectivity index (χ2n) is 3.93. The Hall–Kier alpha value is -2.50. The SMILES string of the molecule is Cc1nnc(Oc2ccccc2F)c(C(=O)O)c1C. The summed E-state index contributed by atoms with van der Waals surface area (Å²) in [5, 5.41) is 16.6. The molecule has 98 valence electrons. The number of hydrogen-bond acceptors (Lipinski definition) is 4. The summed E-state index contributed by atoms with van der Waals surface area (Å²) >= 11 is 0. The maximum Gasteiger partial charge on any atom is 0.341 e. The second kappa shape index (κ2) is 5.01. The van der Waals surface area contributed by atoms with Gasteiger partial charge in [0.05, 0.1) is 5.69 Å². The smallest absolute Gasteiger partial charge is 0.341 e. The number of rotatable bonds is 3. The van der Waals surface area contributed by atoms with E-state index in [0.717, 1.165) is 0 Å². The van der Waals surface area contributed by atoms with Crippen molar-refractivity contribution in [1.29, 1.82) is 0 Å². The van der Waals surface area contributed by atoms with E-state index in [1.54, 1.807) is 19.9 Å². The summed E-state index contributed by atoms with van der Waals surface area (Å²) in [5.74, 6) is -2.11. The highest BCUT2D eigenvalue weighted by Gasteiger charge is 2.20. The largest absolute Gasteiger partial charge is 0.477 e. The highest BCUT2D eigenvalue weighted by Crippen LogP contribution is 2.27. The zero-order valence-corrected chi connectivity index (χ0v) is 10.3. The van der Waals surface area contributed by atoms with Gasteiger partial charge in [0.15, 0.2) is 11.6 Å². The summed E-state index contributed by atoms with van der Waals surface area (Å²) in [6, 6.07) is 5.68. The zero-order chi connectivity index (χ0) is 14.0. The molecule has 0 radical (unpaired) electrons. The molecule has 0 spiro atoms. The van der Waals surface area contributed by atoms with Crippen LogP contribution in [-0.4, -0.2) is 21.3 Å². The summed E-state index contributed by atoms with van der Waals surface area (Å²) < 4.78 is 18.7. The molecule has 1 aromatic carbocycles. The fourth-order valence-electron chi connectivity index (χ4n) is 1.54. The minimum atomic E-state index is -1.19. The van der Waals surface area contributed by atoms with Crippen molar-refractivity contribution in [3.63, 3.8) is 0 Å². The Bertz CT molecular complexity index is 644. The van der Waals surface area contributed by atoms with Crippen LogP contribution in [0.25, 0.3) is 0 Å². The molecule has 0 saturated carbocycles. The summed E-state index contributed by atoms with van der Waals surface area (Å²) in [7, 11) is 0. The van der Waals surface area contributed by atoms with Crippen molar-refractivity contribution in [2.24, 2.45) is 0 Å². The number of aryl methyl sites for hydroxylation is 1. The van der Waals surface area contributed by atoms with Gasteiger partial charge in [-0.2, -0.15) is 5.10 Å². The number of benzene rings is 1. The Morgan fingerprint density at radius 3 is 2.58 bits per heavy atom. The molecule has 0 saturated heterocycles. The molecule has 2 rings (SSSR count). The third-order valence-electron chi connectivity index (χ3n) is 2.68. The zero-order valence-electron chi connectivity index (χ0n) is 10.3. The number of carboxylic acid groups (broad SMARTS) is 1. The molecule has 0 atom stereocenters. The lowest BCUT2D eigenvalue weighted by Crippen LogP contribution is -2.08. The van der Waals surface area contributed by atoms with Crippen molar-refractivity contribution in [2.45, 2.75) is 13.8 Å². The molecule has 0 amide bonds. The Kier molecular flexibility index (Phi) is 3.41. The van der Waals surface area contributed by atoms with Gasteiger partial charge in [0.1, 0.15) is 5.56 Å². The van der Waals surface area contributed by atoms with Crippen LogP contribution in [0.4, 0.5) is 4.39 Å². The standard InChI is InChI=1S/C13H11FN2O3/c1-7-8(2)15-16-12(11(7)13(17)18)19-10-6-4-3-5-9(10)14/h3-6H,1-2H3,(H,17,18). The molecule has 0 aliphatic rings. The minimum absolute atomic E-state index is 0.0949. The topological polar surface area (TPSA) is 72.3 Å². The van der Waals surface area contributed by atoms with Gasteiger partial charge in [-0.25, -0.2) is 9.18 Å². The van der Waals surface area contributed by atoms with Crippen LogP contribution >= 0.6 is 0 Å². The molecule has 1 heterocycles. The first-order chi connectivity index (χ1) is 9.00. The van der Waals surface area contributed by atoms with Gasteiger partial charge in [0.25, 0.3) is 5.88 Å². The fraction of sp³-hybridized carbons (Fsp3) is 0.154. The molecular weight excluding hydrogens is 251 g/mol. The number of ether oxygens (including phenoxy) is 1. The summed E-state index contributed by atoms with van der Waals surface area (Å²) in [4.78, 5) is 11.2. The van der Waals surface area contributed by atoms with Gasteiger partial charge in [-0.15, -0.1) is 5.10 Å². The van der Waals surface area contributed by atoms with E-state index in [1.807, 2.05) is 0 Å². The number of carbonyl (C=O) groups is 1. The van der Waals surface area contributed by atoms with E-state index in [-0.39, 0.29) is 17.2 Å². The predicted octanol–water partition coefficient (Wildman–Crippen LogP) is 2.72. The van der Waals surface area contributed by atoms with Gasteiger partial charge in [0, 0.05) is 0 Å². The van der Waals surface area contributed by atoms with Gasteiger partial charge >= 0.3 is 5.97 Å². The predicted molar refractivity (Wildman–Crippen MR) is 64.9 cm³/mol. The number of aromatic nitrogens is 2. The number of halogens is 1. The van der Waals surface area contributed by atoms with Crippen molar-refractivity contribution in [2.75, 3.05) is 0 Å². The third-order valence-corrected chi connectivity index (χ3v) is 2.68. The molecule has 2 aromatic rings. The molecule has 0 aliphatic carbocycles. The van der Waals surface area contributed by atoms with E-state index >= 15 is 0 Å². The molecule has 19 heavy (non-hydrogen) atoms. The van der Waals surface area contributed by atoms with Crippen LogP contribution in [0.1, 0.15) is 21.6 Å². The molecule has 5 nitrogen and oxygen atoms in total. The Morgan fingerprint density at radius 2 is 1.95 bits per heavy atom. The molecule has 6 heteroatoms. The van der Waals surface area contributed by atoms with Crippen molar-refractivity contribution in [1.82, 2.24) is 10.2 Å². The summed E-state index contributed by atoms with van der Waals surface area (Å²) in [5.41, 5.74) is 0.808. The van der Waals surface area contributed by atoms with Crippen molar-refractivity contribution in [3.8, 4) is 11.6 Å². The number of hydrogen-bond donors (Lipinski definition) is 1. The highest BCUT2D eigenvalue weighted by atomic mass is 19.1. The monoisotopic (exact) mass is 262 g/mol. The maximum absolute atomic E-state index is 13.5. The average molecular weight is 262 g/mol. The Labute approximate surface area is 108 Å². The quantitative estimate of drug-likeness (QED) is 0.920. The molecule has 0 fully saturated rings.